The van der Waals surface area contributed by atoms with E-state index in [9.17, 15) is 20.1 Å². The Labute approximate surface area is 310 Å². The third-order valence-corrected chi connectivity index (χ3v) is 14.2. The van der Waals surface area contributed by atoms with Crippen LogP contribution in [0.15, 0.2) is 36.0 Å². The number of benzene rings is 3. The molecule has 1 aromatic heterocycles. The zero-order valence-corrected chi connectivity index (χ0v) is 31.0. The summed E-state index contributed by atoms with van der Waals surface area (Å²) in [5.74, 6) is 1.60. The molecule has 276 valence electrons. The molecule has 1 spiro atoms. The van der Waals surface area contributed by atoms with Gasteiger partial charge in [0.1, 0.15) is 12.8 Å². The van der Waals surface area contributed by atoms with Crippen LogP contribution < -0.4 is 19.5 Å². The molecule has 12 nitrogen and oxygen atoms in total. The number of piperazine rings is 1. The summed E-state index contributed by atoms with van der Waals surface area (Å²) in [6.07, 6.45) is 1.47. The number of rotatable bonds is 2. The summed E-state index contributed by atoms with van der Waals surface area (Å²) in [6.45, 7) is 5.79. The van der Waals surface area contributed by atoms with Crippen molar-refractivity contribution in [3.05, 3.63) is 86.2 Å². The number of hydrogen-bond acceptors (Lipinski definition) is 12. The first-order valence-electron chi connectivity index (χ1n) is 18.1. The number of aliphatic hydroxyl groups is 2. The molecule has 0 saturated carbocycles. The number of aliphatic hydroxyl groups excluding tert-OH is 2. The Balaban J connectivity index is 1.22. The summed E-state index contributed by atoms with van der Waals surface area (Å²) in [5.41, 5.74) is 8.11. The number of carbonyl (C=O) groups is 1. The molecule has 7 aliphatic heterocycles. The van der Waals surface area contributed by atoms with Crippen LogP contribution in [-0.4, -0.2) is 94.3 Å². The average molecular weight is 739 g/mol. The van der Waals surface area contributed by atoms with E-state index in [0.29, 0.717) is 35.1 Å². The number of hydrogen-bond donors (Lipinski definition) is 5. The molecule has 5 N–H and O–H groups in total. The van der Waals surface area contributed by atoms with Gasteiger partial charge in [0.05, 0.1) is 37.5 Å². The fraction of sp³-hybridized carbons (Fsp3) is 0.425. The smallest absolute Gasteiger partial charge is 0.339 e. The molecule has 0 radical (unpaired) electrons. The number of likely N-dealkylation sites (N-methyl/N-ethyl adjacent to an activating group) is 1. The van der Waals surface area contributed by atoms with E-state index in [1.165, 1.54) is 0 Å². The standard InChI is InChI=1S/C40H42N4O8S/c1-17-10-20-11-25-38(47)44-26-14-50-39(48)40(37-23(12-21(13-45)42-40)22-8-6-7-9-24(22)41-37)15-53-36(27-18(2)19(3)34-35(29(26)27)52-16-51-34)31(44)30(43(25)4)28(20)32(46)33(17)49-5/h6-10,12,25-26,30-31,36,38,41-42,45-47H,11,13-16H2,1-5H3/t25-,26-,30+,31+,36+,38-,40+/m0/s1. The van der Waals surface area contributed by atoms with E-state index >= 15 is 0 Å². The van der Waals surface area contributed by atoms with Crippen LogP contribution in [0, 0.1) is 20.8 Å². The molecule has 13 heteroatoms. The fourth-order valence-electron chi connectivity index (χ4n) is 10.3. The molecule has 4 aromatic rings. The number of aryl methyl sites for hydroxylation is 1. The molecule has 53 heavy (non-hydrogen) atoms. The number of H-pyrrole nitrogens is 1. The predicted molar refractivity (Wildman–Crippen MR) is 198 cm³/mol. The van der Waals surface area contributed by atoms with Crippen LogP contribution in [-0.2, 0) is 21.5 Å². The third kappa shape index (κ3) is 4.25. The van der Waals surface area contributed by atoms with Gasteiger partial charge in [0.25, 0.3) is 0 Å². The van der Waals surface area contributed by atoms with Gasteiger partial charge in [-0.2, -0.15) is 0 Å². The van der Waals surface area contributed by atoms with Crippen LogP contribution in [0.3, 0.4) is 0 Å². The first-order valence-corrected chi connectivity index (χ1v) is 19.1. The number of nitrogens with one attached hydrogen (secondary N) is 2. The van der Waals surface area contributed by atoms with Crippen molar-refractivity contribution in [2.24, 2.45) is 0 Å². The maximum absolute atomic E-state index is 14.8. The normalized spacial score (nSPS) is 29.9. The van der Waals surface area contributed by atoms with Gasteiger partial charge < -0.3 is 44.6 Å². The number of aromatic nitrogens is 1. The SMILES string of the molecule is COc1c(C)cc2c(c1O)[C@@H]1[C@@H]3[C@@H]4SC[C@]5(NC(CO)=Cc6c5[nH]c5ccccc65)C(=O)OC[C@@H](c5c6c(c(C)c(C)c54)OCO6)N3[C@@H](O)[C@H](C2)N1C. The van der Waals surface area contributed by atoms with E-state index in [-0.39, 0.29) is 48.8 Å². The van der Waals surface area contributed by atoms with E-state index in [1.807, 2.05) is 51.2 Å². The molecule has 3 aromatic carbocycles. The van der Waals surface area contributed by atoms with Gasteiger partial charge in [-0.05, 0) is 74.2 Å². The Kier molecular flexibility index (Phi) is 7.23. The van der Waals surface area contributed by atoms with Gasteiger partial charge >= 0.3 is 5.97 Å². The number of thioether (sulfide) groups is 1. The van der Waals surface area contributed by atoms with E-state index in [1.54, 1.807) is 18.9 Å². The van der Waals surface area contributed by atoms with Crippen LogP contribution in [0.5, 0.6) is 23.0 Å². The zero-order valence-electron chi connectivity index (χ0n) is 30.1. The topological polar surface area (TPSA) is 149 Å². The Morgan fingerprint density at radius 2 is 1.87 bits per heavy atom. The van der Waals surface area contributed by atoms with Gasteiger partial charge in [0.15, 0.2) is 28.5 Å². The fourth-order valence-corrected chi connectivity index (χ4v) is 12.0. The van der Waals surface area contributed by atoms with Gasteiger partial charge in [-0.15, -0.1) is 11.8 Å². The predicted octanol–water partition coefficient (Wildman–Crippen LogP) is 4.35. The number of ether oxygens (including phenoxy) is 4. The van der Waals surface area contributed by atoms with E-state index < -0.39 is 29.8 Å². The molecule has 0 unspecified atom stereocenters. The van der Waals surface area contributed by atoms with Gasteiger partial charge in [-0.25, -0.2) is 4.79 Å². The summed E-state index contributed by atoms with van der Waals surface area (Å²) in [5, 5.41) is 39.1. The Morgan fingerprint density at radius 1 is 1.08 bits per heavy atom. The lowest BCUT2D eigenvalue weighted by Crippen LogP contribution is -2.70. The second-order valence-electron chi connectivity index (χ2n) is 15.2. The number of phenols is 1. The molecule has 0 amide bonds. The number of aromatic hydroxyl groups is 1. The molecule has 7 atom stereocenters. The largest absolute Gasteiger partial charge is 0.504 e. The first kappa shape index (κ1) is 33.2. The van der Waals surface area contributed by atoms with Crippen LogP contribution in [0.2, 0.25) is 0 Å². The van der Waals surface area contributed by atoms with Crippen LogP contribution >= 0.6 is 11.8 Å². The van der Waals surface area contributed by atoms with Crippen molar-refractivity contribution >= 4 is 34.7 Å². The summed E-state index contributed by atoms with van der Waals surface area (Å²) in [4.78, 5) is 22.7. The lowest BCUT2D eigenvalue weighted by molar-refractivity contribution is -0.186. The highest BCUT2D eigenvalue weighted by atomic mass is 32.2. The summed E-state index contributed by atoms with van der Waals surface area (Å²) in [7, 11) is 3.60. The molecule has 0 aliphatic carbocycles. The molecular weight excluding hydrogens is 697 g/mol. The highest BCUT2D eigenvalue weighted by Gasteiger charge is 2.61. The summed E-state index contributed by atoms with van der Waals surface area (Å²) >= 11 is 1.61. The second kappa shape index (κ2) is 11.6. The molecule has 2 fully saturated rings. The van der Waals surface area contributed by atoms with E-state index in [0.717, 1.165) is 55.4 Å². The first-order chi connectivity index (χ1) is 25.6. The molecule has 8 heterocycles. The Hall–Kier alpha value is -4.40. The highest BCUT2D eigenvalue weighted by molar-refractivity contribution is 7.99. The van der Waals surface area contributed by atoms with Crippen molar-refractivity contribution in [2.75, 3.05) is 39.9 Å². The minimum Gasteiger partial charge on any atom is -0.504 e. The molecular formula is C40H42N4O8S. The zero-order chi connectivity index (χ0) is 36.7. The van der Waals surface area contributed by atoms with Crippen molar-refractivity contribution in [2.45, 2.75) is 68.4 Å². The summed E-state index contributed by atoms with van der Waals surface area (Å²) in [6, 6.07) is 8.32. The van der Waals surface area contributed by atoms with Gasteiger partial charge in [0.2, 0.25) is 6.79 Å². The molecule has 2 saturated heterocycles. The number of phenolic OH excluding ortho intramolecular Hbond substituents is 1. The number of carbonyl (C=O) groups excluding carboxylic acids is 1. The van der Waals surface area contributed by atoms with Crippen LogP contribution in [0.1, 0.15) is 67.5 Å². The van der Waals surface area contributed by atoms with Crippen molar-refractivity contribution in [3.63, 3.8) is 0 Å². The lowest BCUT2D eigenvalue weighted by atomic mass is 9.72. The third-order valence-electron chi connectivity index (χ3n) is 12.8. The quantitative estimate of drug-likeness (QED) is 0.186. The average Bonchev–Trinajstić information content (AvgIpc) is 3.80. The highest BCUT2D eigenvalue weighted by Crippen LogP contribution is 2.63. The number of methoxy groups -OCH3 is 1. The molecule has 4 bridgehead atoms. The minimum absolute atomic E-state index is 0.0726. The van der Waals surface area contributed by atoms with E-state index in [2.05, 4.69) is 33.1 Å². The van der Waals surface area contributed by atoms with Crippen molar-refractivity contribution < 1.29 is 39.1 Å². The Morgan fingerprint density at radius 3 is 2.66 bits per heavy atom. The van der Waals surface area contributed by atoms with Crippen LogP contribution in [0.25, 0.3) is 17.0 Å². The minimum atomic E-state index is -1.37. The Bertz CT molecular complexity index is 2290. The lowest BCUT2D eigenvalue weighted by Gasteiger charge is -2.62. The van der Waals surface area contributed by atoms with E-state index in [4.69, 9.17) is 18.9 Å². The van der Waals surface area contributed by atoms with Crippen molar-refractivity contribution in [1.29, 1.82) is 0 Å². The number of para-hydroxylation sites is 1. The van der Waals surface area contributed by atoms with Gasteiger partial charge in [-0.1, -0.05) is 24.3 Å². The molecule has 11 rings (SSSR count). The molecule has 7 aliphatic rings. The number of aromatic amines is 1. The summed E-state index contributed by atoms with van der Waals surface area (Å²) < 4.78 is 24.5. The number of nitrogens with zero attached hydrogens (tertiary/aromatic N) is 2. The second-order valence-corrected chi connectivity index (χ2v) is 16.3. The maximum atomic E-state index is 14.8. The number of esters is 1. The van der Waals surface area contributed by atoms with Crippen LogP contribution in [0.4, 0.5) is 0 Å². The maximum Gasteiger partial charge on any atom is 0.339 e. The van der Waals surface area contributed by atoms with Gasteiger partial charge in [0, 0.05) is 50.3 Å². The monoisotopic (exact) mass is 738 g/mol. The number of fused-ring (bicyclic) bond motifs is 11. The van der Waals surface area contributed by atoms with Crippen molar-refractivity contribution in [3.8, 4) is 23.0 Å². The van der Waals surface area contributed by atoms with Crippen molar-refractivity contribution in [1.82, 2.24) is 20.1 Å². The van der Waals surface area contributed by atoms with Gasteiger partial charge in [-0.3, -0.25) is 9.80 Å².